The highest BCUT2D eigenvalue weighted by Crippen LogP contribution is 2.07. The maximum atomic E-state index is 11.9. The molecule has 18 heavy (non-hydrogen) atoms. The van der Waals surface area contributed by atoms with Gasteiger partial charge in [-0.1, -0.05) is 19.1 Å². The first-order valence-electron chi connectivity index (χ1n) is 6.29. The van der Waals surface area contributed by atoms with E-state index >= 15 is 0 Å². The third-order valence-corrected chi connectivity index (χ3v) is 3.15. The molecule has 1 aromatic carbocycles. The number of hydrogen-bond acceptors (Lipinski definition) is 3. The van der Waals surface area contributed by atoms with Crippen molar-refractivity contribution in [2.24, 2.45) is 11.7 Å². The predicted molar refractivity (Wildman–Crippen MR) is 72.4 cm³/mol. The summed E-state index contributed by atoms with van der Waals surface area (Å²) in [5.41, 5.74) is 7.23. The minimum atomic E-state index is -0.109. The lowest BCUT2D eigenvalue weighted by molar-refractivity contribution is 0.0916. The van der Waals surface area contributed by atoms with Crippen molar-refractivity contribution in [2.45, 2.75) is 26.3 Å². The molecule has 0 aliphatic carbocycles. The molecule has 0 saturated heterocycles. The fourth-order valence-corrected chi connectivity index (χ4v) is 1.58. The predicted octanol–water partition coefficient (Wildman–Crippen LogP) is 0.935. The summed E-state index contributed by atoms with van der Waals surface area (Å²) < 4.78 is 0. The van der Waals surface area contributed by atoms with Crippen LogP contribution in [0.1, 0.15) is 29.8 Å². The van der Waals surface area contributed by atoms with Crippen molar-refractivity contribution in [2.75, 3.05) is 13.2 Å². The molecule has 2 atom stereocenters. The van der Waals surface area contributed by atoms with Crippen molar-refractivity contribution in [3.05, 3.63) is 35.4 Å². The first-order valence-corrected chi connectivity index (χ1v) is 6.29. The Morgan fingerprint density at radius 2 is 1.94 bits per heavy atom. The van der Waals surface area contributed by atoms with Crippen molar-refractivity contribution < 1.29 is 9.90 Å². The zero-order valence-electron chi connectivity index (χ0n) is 11.0. The van der Waals surface area contributed by atoms with E-state index in [1.165, 1.54) is 0 Å². The number of aliphatic hydroxyl groups is 1. The average Bonchev–Trinajstić information content (AvgIpc) is 2.38. The van der Waals surface area contributed by atoms with Crippen LogP contribution in [0.5, 0.6) is 0 Å². The van der Waals surface area contributed by atoms with Crippen LogP contribution in [0.4, 0.5) is 0 Å². The van der Waals surface area contributed by atoms with Crippen LogP contribution in [0.3, 0.4) is 0 Å². The number of rotatable bonds is 6. The van der Waals surface area contributed by atoms with E-state index in [0.717, 1.165) is 12.0 Å². The summed E-state index contributed by atoms with van der Waals surface area (Å²) in [6, 6.07) is 7.39. The van der Waals surface area contributed by atoms with Crippen molar-refractivity contribution in [3.63, 3.8) is 0 Å². The number of benzene rings is 1. The molecule has 0 aliphatic rings. The highest BCUT2D eigenvalue weighted by Gasteiger charge is 2.14. The molecule has 0 aromatic heterocycles. The molecule has 0 saturated carbocycles. The number of amides is 1. The molecule has 1 aromatic rings. The second kappa shape index (κ2) is 7.13. The standard InChI is InChI=1S/C14H22N2O2/c1-10(9-17)11(2)16-14(18)13-5-3-12(4-6-13)7-8-15/h3-6,10-11,17H,7-9,15H2,1-2H3,(H,16,18). The van der Waals surface area contributed by atoms with Crippen LogP contribution >= 0.6 is 0 Å². The van der Waals surface area contributed by atoms with E-state index < -0.39 is 0 Å². The summed E-state index contributed by atoms with van der Waals surface area (Å²) in [6.45, 7) is 4.46. The molecule has 0 spiro atoms. The molecule has 1 rings (SSSR count). The fraction of sp³-hybridized carbons (Fsp3) is 0.500. The SMILES string of the molecule is CC(CO)C(C)NC(=O)c1ccc(CCN)cc1. The van der Waals surface area contributed by atoms with Gasteiger partial charge in [0.15, 0.2) is 0 Å². The van der Waals surface area contributed by atoms with E-state index in [2.05, 4.69) is 5.32 Å². The molecule has 2 unspecified atom stereocenters. The van der Waals surface area contributed by atoms with Gasteiger partial charge in [-0.15, -0.1) is 0 Å². The Kier molecular flexibility index (Phi) is 5.82. The Morgan fingerprint density at radius 3 is 2.44 bits per heavy atom. The van der Waals surface area contributed by atoms with E-state index in [9.17, 15) is 4.79 Å². The van der Waals surface area contributed by atoms with Crippen LogP contribution in [0.2, 0.25) is 0 Å². The molecule has 100 valence electrons. The minimum Gasteiger partial charge on any atom is -0.396 e. The number of aliphatic hydroxyl groups excluding tert-OH is 1. The van der Waals surface area contributed by atoms with Crippen LogP contribution < -0.4 is 11.1 Å². The number of nitrogens with one attached hydrogen (secondary N) is 1. The quantitative estimate of drug-likeness (QED) is 0.703. The van der Waals surface area contributed by atoms with Gasteiger partial charge in [0.2, 0.25) is 0 Å². The fourth-order valence-electron chi connectivity index (χ4n) is 1.58. The second-order valence-corrected chi connectivity index (χ2v) is 4.66. The molecule has 1 amide bonds. The molecule has 4 nitrogen and oxygen atoms in total. The molecule has 0 radical (unpaired) electrons. The van der Waals surface area contributed by atoms with Crippen LogP contribution in [-0.2, 0) is 6.42 Å². The lowest BCUT2D eigenvalue weighted by Gasteiger charge is -2.19. The van der Waals surface area contributed by atoms with Crippen LogP contribution in [0, 0.1) is 5.92 Å². The maximum Gasteiger partial charge on any atom is 0.251 e. The number of carbonyl (C=O) groups is 1. The normalized spacial score (nSPS) is 14.0. The van der Waals surface area contributed by atoms with E-state index in [-0.39, 0.29) is 24.5 Å². The van der Waals surface area contributed by atoms with Gasteiger partial charge in [0, 0.05) is 18.2 Å². The minimum absolute atomic E-state index is 0.0467. The summed E-state index contributed by atoms with van der Waals surface area (Å²) in [6.07, 6.45) is 0.819. The molecular formula is C14H22N2O2. The van der Waals surface area contributed by atoms with Crippen LogP contribution in [0.25, 0.3) is 0 Å². The Bertz CT molecular complexity index is 376. The van der Waals surface area contributed by atoms with Crippen molar-refractivity contribution in [1.82, 2.24) is 5.32 Å². The number of carbonyl (C=O) groups excluding carboxylic acids is 1. The Labute approximate surface area is 108 Å². The largest absolute Gasteiger partial charge is 0.396 e. The lowest BCUT2D eigenvalue weighted by atomic mass is 10.0. The summed E-state index contributed by atoms with van der Waals surface area (Å²) >= 11 is 0. The van der Waals surface area contributed by atoms with Crippen molar-refractivity contribution in [1.29, 1.82) is 0 Å². The molecule has 0 aliphatic heterocycles. The van der Waals surface area contributed by atoms with Crippen molar-refractivity contribution >= 4 is 5.91 Å². The second-order valence-electron chi connectivity index (χ2n) is 4.66. The lowest BCUT2D eigenvalue weighted by Crippen LogP contribution is -2.38. The Morgan fingerprint density at radius 1 is 1.33 bits per heavy atom. The Hall–Kier alpha value is -1.39. The first-order chi connectivity index (χ1) is 8.58. The number of hydrogen-bond donors (Lipinski definition) is 3. The molecule has 4 heteroatoms. The van der Waals surface area contributed by atoms with Gasteiger partial charge in [-0.25, -0.2) is 0 Å². The zero-order valence-corrected chi connectivity index (χ0v) is 11.0. The molecule has 0 heterocycles. The summed E-state index contributed by atoms with van der Waals surface area (Å²) in [5, 5.41) is 11.9. The summed E-state index contributed by atoms with van der Waals surface area (Å²) in [5.74, 6) is -0.0624. The van der Waals surface area contributed by atoms with Gasteiger partial charge in [-0.2, -0.15) is 0 Å². The smallest absolute Gasteiger partial charge is 0.251 e. The monoisotopic (exact) mass is 250 g/mol. The van der Waals surface area contributed by atoms with Gasteiger partial charge in [0.05, 0.1) is 0 Å². The van der Waals surface area contributed by atoms with Gasteiger partial charge < -0.3 is 16.2 Å². The zero-order chi connectivity index (χ0) is 13.5. The van der Waals surface area contributed by atoms with E-state index in [0.29, 0.717) is 12.1 Å². The molecular weight excluding hydrogens is 228 g/mol. The van der Waals surface area contributed by atoms with E-state index in [1.807, 2.05) is 26.0 Å². The highest BCUT2D eigenvalue weighted by atomic mass is 16.3. The third kappa shape index (κ3) is 4.13. The van der Waals surface area contributed by atoms with Gasteiger partial charge in [-0.3, -0.25) is 4.79 Å². The molecule has 0 fully saturated rings. The average molecular weight is 250 g/mol. The third-order valence-electron chi connectivity index (χ3n) is 3.15. The first kappa shape index (κ1) is 14.7. The van der Waals surface area contributed by atoms with Gasteiger partial charge in [0.25, 0.3) is 5.91 Å². The molecule has 0 bridgehead atoms. The van der Waals surface area contributed by atoms with E-state index in [1.54, 1.807) is 12.1 Å². The summed E-state index contributed by atoms with van der Waals surface area (Å²) in [7, 11) is 0. The maximum absolute atomic E-state index is 11.9. The summed E-state index contributed by atoms with van der Waals surface area (Å²) in [4.78, 5) is 11.9. The van der Waals surface area contributed by atoms with Crippen LogP contribution in [0.15, 0.2) is 24.3 Å². The van der Waals surface area contributed by atoms with Gasteiger partial charge in [-0.05, 0) is 43.5 Å². The number of nitrogens with two attached hydrogens (primary N) is 1. The van der Waals surface area contributed by atoms with Gasteiger partial charge in [0.1, 0.15) is 0 Å². The van der Waals surface area contributed by atoms with E-state index in [4.69, 9.17) is 10.8 Å². The Balaban J connectivity index is 2.61. The highest BCUT2D eigenvalue weighted by molar-refractivity contribution is 5.94. The topological polar surface area (TPSA) is 75.3 Å². The van der Waals surface area contributed by atoms with Crippen LogP contribution in [-0.4, -0.2) is 30.2 Å². The van der Waals surface area contributed by atoms with Crippen molar-refractivity contribution in [3.8, 4) is 0 Å². The van der Waals surface area contributed by atoms with Gasteiger partial charge >= 0.3 is 0 Å². The molecule has 4 N–H and O–H groups in total.